The minimum Gasteiger partial charge on any atom is -0.486 e. The average molecular weight is 341 g/mol. The first-order valence-electron chi connectivity index (χ1n) is 8.79. The van der Waals surface area contributed by atoms with Crippen LogP contribution in [0, 0.1) is 0 Å². The number of nitrogens with two attached hydrogens (primary N) is 2. The Morgan fingerprint density at radius 3 is 2.44 bits per heavy atom. The molecule has 0 aromatic heterocycles. The first-order valence-corrected chi connectivity index (χ1v) is 8.79. The Hall–Kier alpha value is -2.40. The van der Waals surface area contributed by atoms with E-state index in [0.717, 1.165) is 18.7 Å². The van der Waals surface area contributed by atoms with Crippen LogP contribution in [-0.4, -0.2) is 18.2 Å². The molecule has 1 atom stereocenters. The summed E-state index contributed by atoms with van der Waals surface area (Å²) in [7, 11) is 0. The predicted molar refractivity (Wildman–Crippen MR) is 102 cm³/mol. The molecular weight excluding hydrogens is 314 g/mol. The summed E-state index contributed by atoms with van der Waals surface area (Å²) >= 11 is 0. The third kappa shape index (κ3) is 4.37. The van der Waals surface area contributed by atoms with Crippen molar-refractivity contribution >= 4 is 11.4 Å². The van der Waals surface area contributed by atoms with Gasteiger partial charge in [-0.1, -0.05) is 12.5 Å². The zero-order chi connectivity index (χ0) is 17.9. The van der Waals surface area contributed by atoms with Crippen LogP contribution < -0.4 is 26.3 Å². The van der Waals surface area contributed by atoms with Gasteiger partial charge in [-0.3, -0.25) is 0 Å². The SMILES string of the molecule is CC(C)(Oc1cccc(Oc2ccc(N)c(N)c2)c1)C1CCCCN1. The fourth-order valence-corrected chi connectivity index (χ4v) is 3.17. The summed E-state index contributed by atoms with van der Waals surface area (Å²) in [6, 6.07) is 13.3. The third-order valence-corrected chi connectivity index (χ3v) is 4.63. The second kappa shape index (κ2) is 7.23. The van der Waals surface area contributed by atoms with Gasteiger partial charge >= 0.3 is 0 Å². The van der Waals surface area contributed by atoms with Crippen LogP contribution in [0.25, 0.3) is 0 Å². The van der Waals surface area contributed by atoms with Crippen LogP contribution in [0.1, 0.15) is 33.1 Å². The summed E-state index contributed by atoms with van der Waals surface area (Å²) in [6.07, 6.45) is 3.61. The molecule has 0 aliphatic carbocycles. The van der Waals surface area contributed by atoms with Crippen molar-refractivity contribution in [3.63, 3.8) is 0 Å². The lowest BCUT2D eigenvalue weighted by molar-refractivity contribution is 0.0528. The van der Waals surface area contributed by atoms with Crippen molar-refractivity contribution in [1.82, 2.24) is 5.32 Å². The average Bonchev–Trinajstić information content (AvgIpc) is 2.59. The van der Waals surface area contributed by atoms with Gasteiger partial charge in [0.2, 0.25) is 0 Å². The van der Waals surface area contributed by atoms with Crippen molar-refractivity contribution in [2.75, 3.05) is 18.0 Å². The molecule has 0 bridgehead atoms. The van der Waals surface area contributed by atoms with Crippen molar-refractivity contribution in [2.45, 2.75) is 44.8 Å². The molecule has 5 nitrogen and oxygen atoms in total. The fraction of sp³-hybridized carbons (Fsp3) is 0.400. The normalized spacial score (nSPS) is 17.9. The summed E-state index contributed by atoms with van der Waals surface area (Å²) in [5.74, 6) is 2.14. The quantitative estimate of drug-likeness (QED) is 0.718. The number of nitrogen functional groups attached to an aromatic ring is 2. The Morgan fingerprint density at radius 1 is 0.960 bits per heavy atom. The Kier molecular flexibility index (Phi) is 5.04. The molecule has 1 aliphatic heterocycles. The second-order valence-corrected chi connectivity index (χ2v) is 7.08. The van der Waals surface area contributed by atoms with Crippen molar-refractivity contribution < 1.29 is 9.47 Å². The van der Waals surface area contributed by atoms with Crippen molar-refractivity contribution in [1.29, 1.82) is 0 Å². The maximum Gasteiger partial charge on any atom is 0.131 e. The van der Waals surface area contributed by atoms with Gasteiger partial charge < -0.3 is 26.3 Å². The van der Waals surface area contributed by atoms with Gasteiger partial charge in [0.25, 0.3) is 0 Å². The zero-order valence-corrected chi connectivity index (χ0v) is 14.9. The maximum absolute atomic E-state index is 6.28. The van der Waals surface area contributed by atoms with E-state index in [1.54, 1.807) is 18.2 Å². The molecule has 3 rings (SSSR count). The Labute approximate surface area is 149 Å². The molecule has 1 aliphatic rings. The number of piperidine rings is 1. The summed E-state index contributed by atoms with van der Waals surface area (Å²) in [4.78, 5) is 0. The van der Waals surface area contributed by atoms with Gasteiger partial charge in [-0.25, -0.2) is 0 Å². The van der Waals surface area contributed by atoms with E-state index >= 15 is 0 Å². The van der Waals surface area contributed by atoms with E-state index in [1.165, 1.54) is 12.8 Å². The van der Waals surface area contributed by atoms with E-state index in [9.17, 15) is 0 Å². The molecule has 1 heterocycles. The highest BCUT2D eigenvalue weighted by atomic mass is 16.5. The standard InChI is InChI=1S/C20H27N3O2/c1-20(2,19-8-3-4-11-23-19)25-16-7-5-6-14(12-16)24-15-9-10-17(21)18(22)13-15/h5-7,9-10,12-13,19,23H,3-4,8,11,21-22H2,1-2H3. The van der Waals surface area contributed by atoms with Gasteiger partial charge in [-0.15, -0.1) is 0 Å². The molecule has 0 spiro atoms. The smallest absolute Gasteiger partial charge is 0.131 e. The molecule has 1 saturated heterocycles. The highest BCUT2D eigenvalue weighted by Gasteiger charge is 2.32. The number of anilines is 2. The first kappa shape index (κ1) is 17.4. The predicted octanol–water partition coefficient (Wildman–Crippen LogP) is 3.94. The molecule has 1 fully saturated rings. The Morgan fingerprint density at radius 2 is 1.72 bits per heavy atom. The maximum atomic E-state index is 6.28. The zero-order valence-electron chi connectivity index (χ0n) is 14.9. The van der Waals surface area contributed by atoms with E-state index in [4.69, 9.17) is 20.9 Å². The van der Waals surface area contributed by atoms with Crippen LogP contribution >= 0.6 is 0 Å². The van der Waals surface area contributed by atoms with Crippen molar-refractivity contribution in [2.24, 2.45) is 0 Å². The summed E-state index contributed by atoms with van der Waals surface area (Å²) in [5.41, 5.74) is 12.3. The second-order valence-electron chi connectivity index (χ2n) is 7.08. The molecule has 1 unspecified atom stereocenters. The molecule has 5 N–H and O–H groups in total. The van der Waals surface area contributed by atoms with Crippen LogP contribution in [0.15, 0.2) is 42.5 Å². The van der Waals surface area contributed by atoms with Crippen LogP contribution in [0.3, 0.4) is 0 Å². The van der Waals surface area contributed by atoms with Gasteiger partial charge in [0.1, 0.15) is 22.8 Å². The molecule has 25 heavy (non-hydrogen) atoms. The molecule has 2 aromatic rings. The monoisotopic (exact) mass is 341 g/mol. The van der Waals surface area contributed by atoms with E-state index in [0.29, 0.717) is 28.9 Å². The van der Waals surface area contributed by atoms with Gasteiger partial charge in [0.05, 0.1) is 11.4 Å². The van der Waals surface area contributed by atoms with Gasteiger partial charge in [0, 0.05) is 18.2 Å². The summed E-state index contributed by atoms with van der Waals surface area (Å²) in [6.45, 7) is 5.31. The molecular formula is C20H27N3O2. The summed E-state index contributed by atoms with van der Waals surface area (Å²) in [5, 5.41) is 3.56. The lowest BCUT2D eigenvalue weighted by atomic mass is 9.91. The topological polar surface area (TPSA) is 82.5 Å². The van der Waals surface area contributed by atoms with Crippen molar-refractivity contribution in [3.8, 4) is 17.2 Å². The molecule has 5 heteroatoms. The van der Waals surface area contributed by atoms with Gasteiger partial charge in [-0.05, 0) is 57.5 Å². The number of rotatable bonds is 5. The highest BCUT2D eigenvalue weighted by Crippen LogP contribution is 2.31. The van der Waals surface area contributed by atoms with E-state index in [2.05, 4.69) is 19.2 Å². The lowest BCUT2D eigenvalue weighted by Gasteiger charge is -2.38. The number of nitrogens with one attached hydrogen (secondary N) is 1. The Balaban J connectivity index is 1.71. The van der Waals surface area contributed by atoms with Crippen LogP contribution in [0.2, 0.25) is 0 Å². The fourth-order valence-electron chi connectivity index (χ4n) is 3.17. The van der Waals surface area contributed by atoms with E-state index in [1.807, 2.05) is 24.3 Å². The number of hydrogen-bond acceptors (Lipinski definition) is 5. The molecule has 0 amide bonds. The van der Waals surface area contributed by atoms with Crippen LogP contribution in [-0.2, 0) is 0 Å². The largest absolute Gasteiger partial charge is 0.486 e. The van der Waals surface area contributed by atoms with Crippen molar-refractivity contribution in [3.05, 3.63) is 42.5 Å². The number of hydrogen-bond donors (Lipinski definition) is 3. The van der Waals surface area contributed by atoms with Crippen LogP contribution in [0.5, 0.6) is 17.2 Å². The van der Waals surface area contributed by atoms with E-state index < -0.39 is 0 Å². The molecule has 0 saturated carbocycles. The minimum absolute atomic E-state index is 0.287. The van der Waals surface area contributed by atoms with Gasteiger partial charge in [-0.2, -0.15) is 0 Å². The number of benzene rings is 2. The highest BCUT2D eigenvalue weighted by molar-refractivity contribution is 5.65. The van der Waals surface area contributed by atoms with Gasteiger partial charge in [0.15, 0.2) is 0 Å². The van der Waals surface area contributed by atoms with E-state index in [-0.39, 0.29) is 5.60 Å². The lowest BCUT2D eigenvalue weighted by Crippen LogP contribution is -2.52. The molecule has 0 radical (unpaired) electrons. The molecule has 134 valence electrons. The summed E-state index contributed by atoms with van der Waals surface area (Å²) < 4.78 is 12.2. The first-order chi connectivity index (χ1) is 11.9. The number of ether oxygens (including phenoxy) is 2. The minimum atomic E-state index is -0.287. The Bertz CT molecular complexity index is 725. The third-order valence-electron chi connectivity index (χ3n) is 4.63. The van der Waals surface area contributed by atoms with Crippen LogP contribution in [0.4, 0.5) is 11.4 Å². The molecule has 2 aromatic carbocycles.